The maximum atomic E-state index is 12.0. The van der Waals surface area contributed by atoms with Gasteiger partial charge in [-0.15, -0.1) is 0 Å². The number of nitrogens with zero attached hydrogens (tertiary/aromatic N) is 1. The van der Waals surface area contributed by atoms with Crippen LogP contribution >= 0.6 is 0 Å². The maximum absolute atomic E-state index is 12.0. The Balaban J connectivity index is 2.52. The molecule has 1 heterocycles. The van der Waals surface area contributed by atoms with E-state index in [1.54, 1.807) is 14.0 Å². The normalized spacial score (nSPS) is 24.8. The molecule has 1 aliphatic heterocycles. The third kappa shape index (κ3) is 4.54. The highest BCUT2D eigenvalue weighted by molar-refractivity contribution is 7.90. The molecule has 0 bridgehead atoms. The first-order chi connectivity index (χ1) is 7.99. The summed E-state index contributed by atoms with van der Waals surface area (Å²) >= 11 is 0. The Morgan fingerprint density at radius 2 is 2.18 bits per heavy atom. The Kier molecular flexibility index (Phi) is 5.85. The van der Waals surface area contributed by atoms with Gasteiger partial charge in [-0.1, -0.05) is 6.92 Å². The second-order valence-electron chi connectivity index (χ2n) is 4.76. The van der Waals surface area contributed by atoms with Crippen molar-refractivity contribution in [3.05, 3.63) is 0 Å². The van der Waals surface area contributed by atoms with Crippen LogP contribution in [0.25, 0.3) is 0 Å². The van der Waals surface area contributed by atoms with Crippen molar-refractivity contribution in [1.29, 1.82) is 0 Å². The van der Waals surface area contributed by atoms with Crippen LogP contribution in [0.3, 0.4) is 0 Å². The van der Waals surface area contributed by atoms with Crippen LogP contribution < -0.4 is 10.0 Å². The van der Waals surface area contributed by atoms with E-state index in [0.29, 0.717) is 6.54 Å². The van der Waals surface area contributed by atoms with Crippen molar-refractivity contribution in [2.45, 2.75) is 38.0 Å². The lowest BCUT2D eigenvalue weighted by Gasteiger charge is -2.32. The first kappa shape index (κ1) is 14.9. The van der Waals surface area contributed by atoms with Crippen LogP contribution in [0.2, 0.25) is 0 Å². The van der Waals surface area contributed by atoms with Crippen LogP contribution in [0.5, 0.6) is 0 Å². The second-order valence-corrected chi connectivity index (χ2v) is 6.89. The molecule has 0 radical (unpaired) electrons. The van der Waals surface area contributed by atoms with Crippen LogP contribution in [-0.2, 0) is 10.0 Å². The smallest absolute Gasteiger partial charge is 0.215 e. The van der Waals surface area contributed by atoms with Crippen LogP contribution in [0, 0.1) is 0 Å². The number of sulfonamides is 1. The third-order valence-electron chi connectivity index (χ3n) is 3.30. The average molecular weight is 263 g/mol. The van der Waals surface area contributed by atoms with Gasteiger partial charge in [-0.2, -0.15) is 0 Å². The molecule has 2 atom stereocenters. The maximum Gasteiger partial charge on any atom is 0.215 e. The van der Waals surface area contributed by atoms with E-state index in [4.69, 9.17) is 0 Å². The molecular weight excluding hydrogens is 238 g/mol. The zero-order valence-corrected chi connectivity index (χ0v) is 11.9. The summed E-state index contributed by atoms with van der Waals surface area (Å²) < 4.78 is 26.9. The number of hydrogen-bond donors (Lipinski definition) is 2. The largest absolute Gasteiger partial charge is 0.318 e. The highest BCUT2D eigenvalue weighted by Crippen LogP contribution is 2.11. The van der Waals surface area contributed by atoms with E-state index in [-0.39, 0.29) is 11.3 Å². The zero-order chi connectivity index (χ0) is 12.9. The van der Waals surface area contributed by atoms with Crippen molar-refractivity contribution < 1.29 is 8.42 Å². The summed E-state index contributed by atoms with van der Waals surface area (Å²) in [6.07, 6.45) is 2.02. The number of likely N-dealkylation sites (tertiary alicyclic amines) is 1. The van der Waals surface area contributed by atoms with Gasteiger partial charge in [-0.05, 0) is 39.9 Å². The van der Waals surface area contributed by atoms with Gasteiger partial charge < -0.3 is 10.2 Å². The molecule has 17 heavy (non-hydrogen) atoms. The lowest BCUT2D eigenvalue weighted by atomic mass is 10.1. The molecule has 0 aromatic heterocycles. The van der Waals surface area contributed by atoms with Gasteiger partial charge in [-0.25, -0.2) is 13.1 Å². The van der Waals surface area contributed by atoms with E-state index in [1.807, 2.05) is 0 Å². The number of rotatable bonds is 6. The summed E-state index contributed by atoms with van der Waals surface area (Å²) in [5.74, 6) is 0. The molecule has 0 saturated carbocycles. The van der Waals surface area contributed by atoms with E-state index in [1.165, 1.54) is 0 Å². The fourth-order valence-electron chi connectivity index (χ4n) is 2.18. The van der Waals surface area contributed by atoms with Gasteiger partial charge in [0.2, 0.25) is 10.0 Å². The Morgan fingerprint density at radius 3 is 2.76 bits per heavy atom. The molecule has 0 amide bonds. The molecule has 5 nitrogen and oxygen atoms in total. The highest BCUT2D eigenvalue weighted by atomic mass is 32.2. The van der Waals surface area contributed by atoms with Crippen LogP contribution in [-0.4, -0.2) is 57.8 Å². The van der Waals surface area contributed by atoms with Gasteiger partial charge in [0.25, 0.3) is 0 Å². The van der Waals surface area contributed by atoms with Gasteiger partial charge in [0.1, 0.15) is 0 Å². The van der Waals surface area contributed by atoms with E-state index in [0.717, 1.165) is 32.5 Å². The number of likely N-dealkylation sites (N-methyl/N-ethyl adjacent to an activating group) is 1. The summed E-state index contributed by atoms with van der Waals surface area (Å²) in [5.41, 5.74) is 0. The van der Waals surface area contributed by atoms with Crippen molar-refractivity contribution >= 4 is 10.0 Å². The molecule has 1 rings (SSSR count). The summed E-state index contributed by atoms with van der Waals surface area (Å²) in [5, 5.41) is 2.52. The van der Waals surface area contributed by atoms with Gasteiger partial charge in [-0.3, -0.25) is 0 Å². The number of hydrogen-bond acceptors (Lipinski definition) is 4. The van der Waals surface area contributed by atoms with Crippen LogP contribution in [0.1, 0.15) is 26.7 Å². The van der Waals surface area contributed by atoms with E-state index in [2.05, 4.69) is 21.9 Å². The van der Waals surface area contributed by atoms with Crippen molar-refractivity contribution in [2.24, 2.45) is 0 Å². The number of nitrogens with one attached hydrogen (secondary N) is 2. The fraction of sp³-hybridized carbons (Fsp3) is 1.00. The van der Waals surface area contributed by atoms with Crippen molar-refractivity contribution in [1.82, 2.24) is 14.9 Å². The molecule has 1 fully saturated rings. The van der Waals surface area contributed by atoms with Crippen molar-refractivity contribution in [2.75, 3.05) is 33.2 Å². The second kappa shape index (κ2) is 6.68. The molecule has 0 aliphatic carbocycles. The SMILES string of the molecule is CCN1CCCC(NS(=O)(=O)C(C)CNC)C1. The molecule has 102 valence electrons. The van der Waals surface area contributed by atoms with Gasteiger partial charge in [0, 0.05) is 19.1 Å². The van der Waals surface area contributed by atoms with Gasteiger partial charge >= 0.3 is 0 Å². The zero-order valence-electron chi connectivity index (χ0n) is 11.1. The lowest BCUT2D eigenvalue weighted by molar-refractivity contribution is 0.211. The van der Waals surface area contributed by atoms with Crippen molar-refractivity contribution in [3.63, 3.8) is 0 Å². The minimum atomic E-state index is -3.19. The highest BCUT2D eigenvalue weighted by Gasteiger charge is 2.26. The quantitative estimate of drug-likeness (QED) is 0.708. The minimum absolute atomic E-state index is 0.0769. The van der Waals surface area contributed by atoms with Gasteiger partial charge in [0.15, 0.2) is 0 Å². The Hall–Kier alpha value is -0.170. The lowest BCUT2D eigenvalue weighted by Crippen LogP contribution is -2.50. The Morgan fingerprint density at radius 1 is 1.47 bits per heavy atom. The third-order valence-corrected chi connectivity index (χ3v) is 5.19. The van der Waals surface area contributed by atoms with Crippen LogP contribution in [0.15, 0.2) is 0 Å². The van der Waals surface area contributed by atoms with Crippen molar-refractivity contribution in [3.8, 4) is 0 Å². The molecule has 0 spiro atoms. The molecule has 1 saturated heterocycles. The molecular formula is C11H25N3O2S. The van der Waals surface area contributed by atoms with Gasteiger partial charge in [0.05, 0.1) is 5.25 Å². The molecule has 0 aromatic rings. The Bertz CT molecular complexity index is 319. The minimum Gasteiger partial charge on any atom is -0.318 e. The Labute approximate surface area is 105 Å². The van der Waals surface area contributed by atoms with Crippen LogP contribution in [0.4, 0.5) is 0 Å². The van der Waals surface area contributed by atoms with E-state index >= 15 is 0 Å². The molecule has 6 heteroatoms. The predicted octanol–water partition coefficient (Wildman–Crippen LogP) is -0.00200. The fourth-order valence-corrected chi connectivity index (χ4v) is 3.46. The van der Waals surface area contributed by atoms with E-state index < -0.39 is 10.0 Å². The monoisotopic (exact) mass is 263 g/mol. The average Bonchev–Trinajstić information content (AvgIpc) is 2.29. The predicted molar refractivity (Wildman–Crippen MR) is 70.6 cm³/mol. The molecule has 2 unspecified atom stereocenters. The number of piperidine rings is 1. The summed E-state index contributed by atoms with van der Waals surface area (Å²) in [6, 6.07) is 0.0769. The molecule has 2 N–H and O–H groups in total. The molecule has 1 aliphatic rings. The van der Waals surface area contributed by atoms with E-state index in [9.17, 15) is 8.42 Å². The molecule has 0 aromatic carbocycles. The standard InChI is InChI=1S/C11H25N3O2S/c1-4-14-7-5-6-11(9-14)13-17(15,16)10(2)8-12-3/h10-13H,4-9H2,1-3H3. The first-order valence-corrected chi connectivity index (χ1v) is 7.92. The summed E-state index contributed by atoms with van der Waals surface area (Å²) in [4.78, 5) is 2.29. The summed E-state index contributed by atoms with van der Waals surface area (Å²) in [6.45, 7) is 7.24. The summed E-state index contributed by atoms with van der Waals surface area (Å²) in [7, 11) is -1.42. The topological polar surface area (TPSA) is 61.4 Å². The first-order valence-electron chi connectivity index (χ1n) is 6.37.